The summed E-state index contributed by atoms with van der Waals surface area (Å²) in [6.45, 7) is 0. The standard InChI is InChI=1S/C21H21NO2S2/c1-23-18-10-3-5-12-20(18)25-14-16-8-7-9-17(22-16)15-26-21-13-6-4-11-19(21)24-2/h3-13H,14-15H2,1-2H3. The van der Waals surface area contributed by atoms with Crippen LogP contribution in [0.2, 0.25) is 0 Å². The molecule has 0 spiro atoms. The van der Waals surface area contributed by atoms with Crippen LogP contribution in [-0.2, 0) is 11.5 Å². The number of thioether (sulfide) groups is 2. The lowest BCUT2D eigenvalue weighted by molar-refractivity contribution is 0.404. The topological polar surface area (TPSA) is 31.4 Å². The van der Waals surface area contributed by atoms with Gasteiger partial charge in [0.2, 0.25) is 0 Å². The molecule has 134 valence electrons. The Balaban J connectivity index is 1.63. The molecule has 3 nitrogen and oxygen atoms in total. The molecule has 0 amide bonds. The summed E-state index contributed by atoms with van der Waals surface area (Å²) < 4.78 is 10.8. The van der Waals surface area contributed by atoms with Crippen molar-refractivity contribution in [1.29, 1.82) is 0 Å². The first kappa shape index (κ1) is 18.7. The number of hydrogen-bond donors (Lipinski definition) is 0. The first-order valence-electron chi connectivity index (χ1n) is 8.26. The molecule has 3 aromatic rings. The van der Waals surface area contributed by atoms with Crippen molar-refractivity contribution >= 4 is 23.5 Å². The van der Waals surface area contributed by atoms with Crippen molar-refractivity contribution in [2.75, 3.05) is 14.2 Å². The van der Waals surface area contributed by atoms with Crippen LogP contribution in [0.1, 0.15) is 11.4 Å². The van der Waals surface area contributed by atoms with Gasteiger partial charge < -0.3 is 9.47 Å². The van der Waals surface area contributed by atoms with E-state index in [1.807, 2.05) is 36.4 Å². The van der Waals surface area contributed by atoms with E-state index in [0.717, 1.165) is 44.2 Å². The predicted molar refractivity (Wildman–Crippen MR) is 109 cm³/mol. The van der Waals surface area contributed by atoms with E-state index in [1.165, 1.54) is 0 Å². The fourth-order valence-corrected chi connectivity index (χ4v) is 4.33. The van der Waals surface area contributed by atoms with Crippen LogP contribution in [0.25, 0.3) is 0 Å². The van der Waals surface area contributed by atoms with Crippen molar-refractivity contribution in [2.24, 2.45) is 0 Å². The second-order valence-corrected chi connectivity index (χ2v) is 7.53. The van der Waals surface area contributed by atoms with E-state index in [-0.39, 0.29) is 0 Å². The molecular formula is C21H21NO2S2. The van der Waals surface area contributed by atoms with Crippen LogP contribution in [0.15, 0.2) is 76.5 Å². The van der Waals surface area contributed by atoms with Gasteiger partial charge in [-0.2, -0.15) is 0 Å². The lowest BCUT2D eigenvalue weighted by atomic mass is 10.3. The normalized spacial score (nSPS) is 10.5. The van der Waals surface area contributed by atoms with Crippen molar-refractivity contribution in [1.82, 2.24) is 4.98 Å². The third-order valence-corrected chi connectivity index (χ3v) is 5.93. The number of rotatable bonds is 8. The fourth-order valence-electron chi connectivity index (χ4n) is 2.47. The molecule has 5 heteroatoms. The first-order chi connectivity index (χ1) is 12.8. The summed E-state index contributed by atoms with van der Waals surface area (Å²) in [4.78, 5) is 7.05. The quantitative estimate of drug-likeness (QED) is 0.467. The Bertz CT molecular complexity index is 788. The third-order valence-electron chi connectivity index (χ3n) is 3.75. The monoisotopic (exact) mass is 383 g/mol. The Kier molecular flexibility index (Phi) is 6.86. The number of methoxy groups -OCH3 is 2. The zero-order chi connectivity index (χ0) is 18.2. The number of para-hydroxylation sites is 2. The largest absolute Gasteiger partial charge is 0.496 e. The van der Waals surface area contributed by atoms with E-state index in [2.05, 4.69) is 30.3 Å². The molecule has 3 rings (SSSR count). The number of pyridine rings is 1. The van der Waals surface area contributed by atoms with Crippen LogP contribution in [0.5, 0.6) is 11.5 Å². The van der Waals surface area contributed by atoms with Crippen molar-refractivity contribution in [3.63, 3.8) is 0 Å². The average molecular weight is 384 g/mol. The molecule has 0 aliphatic rings. The third kappa shape index (κ3) is 4.96. The molecule has 0 saturated heterocycles. The number of nitrogens with zero attached hydrogens (tertiary/aromatic N) is 1. The second kappa shape index (κ2) is 9.55. The molecule has 0 fully saturated rings. The highest BCUT2D eigenvalue weighted by Gasteiger charge is 2.06. The van der Waals surface area contributed by atoms with Crippen LogP contribution >= 0.6 is 23.5 Å². The SMILES string of the molecule is COc1ccccc1SCc1cccc(CSc2ccccc2OC)n1. The Morgan fingerprint density at radius 1 is 0.654 bits per heavy atom. The van der Waals surface area contributed by atoms with Crippen molar-refractivity contribution in [3.05, 3.63) is 78.1 Å². The lowest BCUT2D eigenvalue weighted by Gasteiger charge is -2.09. The van der Waals surface area contributed by atoms with Gasteiger partial charge in [0.15, 0.2) is 0 Å². The molecule has 0 bridgehead atoms. The summed E-state index contributed by atoms with van der Waals surface area (Å²) >= 11 is 3.48. The zero-order valence-electron chi connectivity index (χ0n) is 14.8. The molecule has 0 atom stereocenters. The maximum atomic E-state index is 5.41. The molecule has 26 heavy (non-hydrogen) atoms. The highest BCUT2D eigenvalue weighted by molar-refractivity contribution is 7.98. The molecule has 0 aliphatic heterocycles. The average Bonchev–Trinajstić information content (AvgIpc) is 2.71. The van der Waals surface area contributed by atoms with Gasteiger partial charge in [-0.1, -0.05) is 30.3 Å². The first-order valence-corrected chi connectivity index (χ1v) is 10.2. The summed E-state index contributed by atoms with van der Waals surface area (Å²) in [7, 11) is 3.40. The van der Waals surface area contributed by atoms with E-state index in [1.54, 1.807) is 37.7 Å². The smallest absolute Gasteiger partial charge is 0.132 e. The van der Waals surface area contributed by atoms with E-state index < -0.39 is 0 Å². The van der Waals surface area contributed by atoms with Gasteiger partial charge in [0.25, 0.3) is 0 Å². The van der Waals surface area contributed by atoms with Gasteiger partial charge in [0.05, 0.1) is 25.6 Å². The van der Waals surface area contributed by atoms with E-state index in [9.17, 15) is 0 Å². The number of ether oxygens (including phenoxy) is 2. The number of benzene rings is 2. The van der Waals surface area contributed by atoms with Gasteiger partial charge in [-0.3, -0.25) is 4.98 Å². The van der Waals surface area contributed by atoms with Crippen molar-refractivity contribution in [2.45, 2.75) is 21.3 Å². The Morgan fingerprint density at radius 3 is 1.58 bits per heavy atom. The number of aromatic nitrogens is 1. The van der Waals surface area contributed by atoms with Crippen LogP contribution in [-0.4, -0.2) is 19.2 Å². The molecule has 2 aromatic carbocycles. The Hall–Kier alpha value is -2.11. The van der Waals surface area contributed by atoms with Gasteiger partial charge >= 0.3 is 0 Å². The van der Waals surface area contributed by atoms with E-state index in [0.29, 0.717) is 0 Å². The summed E-state index contributed by atoms with van der Waals surface area (Å²) in [5.41, 5.74) is 2.14. The summed E-state index contributed by atoms with van der Waals surface area (Å²) in [5.74, 6) is 3.43. The molecule has 0 radical (unpaired) electrons. The zero-order valence-corrected chi connectivity index (χ0v) is 16.5. The van der Waals surface area contributed by atoms with Crippen LogP contribution < -0.4 is 9.47 Å². The highest BCUT2D eigenvalue weighted by Crippen LogP contribution is 2.32. The maximum absolute atomic E-state index is 5.41. The lowest BCUT2D eigenvalue weighted by Crippen LogP contribution is -1.94. The van der Waals surface area contributed by atoms with E-state index >= 15 is 0 Å². The Labute approximate surface area is 163 Å². The predicted octanol–water partition coefficient (Wildman–Crippen LogP) is 5.68. The minimum absolute atomic E-state index is 0.813. The van der Waals surface area contributed by atoms with Gasteiger partial charge in [-0.25, -0.2) is 0 Å². The molecular weight excluding hydrogens is 362 g/mol. The van der Waals surface area contributed by atoms with Crippen LogP contribution in [0.3, 0.4) is 0 Å². The van der Waals surface area contributed by atoms with Crippen molar-refractivity contribution < 1.29 is 9.47 Å². The van der Waals surface area contributed by atoms with Gasteiger partial charge in [-0.15, -0.1) is 23.5 Å². The molecule has 0 unspecified atom stereocenters. The second-order valence-electron chi connectivity index (χ2n) is 5.50. The van der Waals surface area contributed by atoms with Crippen molar-refractivity contribution in [3.8, 4) is 11.5 Å². The van der Waals surface area contributed by atoms with Gasteiger partial charge in [0, 0.05) is 21.3 Å². The summed E-state index contributed by atoms with van der Waals surface area (Å²) in [6, 6.07) is 22.3. The van der Waals surface area contributed by atoms with E-state index in [4.69, 9.17) is 14.5 Å². The molecule has 0 aliphatic carbocycles. The summed E-state index contributed by atoms with van der Waals surface area (Å²) in [5, 5.41) is 0. The van der Waals surface area contributed by atoms with Gasteiger partial charge in [0.1, 0.15) is 11.5 Å². The minimum Gasteiger partial charge on any atom is -0.496 e. The highest BCUT2D eigenvalue weighted by atomic mass is 32.2. The van der Waals surface area contributed by atoms with Crippen LogP contribution in [0, 0.1) is 0 Å². The molecule has 0 N–H and O–H groups in total. The maximum Gasteiger partial charge on any atom is 0.132 e. The summed E-state index contributed by atoms with van der Waals surface area (Å²) in [6.07, 6.45) is 0. The number of hydrogen-bond acceptors (Lipinski definition) is 5. The molecule has 1 heterocycles. The Morgan fingerprint density at radius 2 is 1.12 bits per heavy atom. The minimum atomic E-state index is 0.813. The van der Waals surface area contributed by atoms with Crippen LogP contribution in [0.4, 0.5) is 0 Å². The fraction of sp³-hybridized carbons (Fsp3) is 0.190. The van der Waals surface area contributed by atoms with Gasteiger partial charge in [-0.05, 0) is 36.4 Å². The molecule has 1 aromatic heterocycles. The molecule has 0 saturated carbocycles.